The largest absolute Gasteiger partial charge is 0.490 e. The van der Waals surface area contributed by atoms with Crippen molar-refractivity contribution in [1.29, 1.82) is 0 Å². The van der Waals surface area contributed by atoms with E-state index in [9.17, 15) is 18.4 Å². The number of benzene rings is 2. The molecule has 0 N–H and O–H groups in total. The molecule has 0 saturated carbocycles. The smallest absolute Gasteiger partial charge is 0.387 e. The molecule has 0 spiro atoms. The van der Waals surface area contributed by atoms with Crippen LogP contribution in [-0.2, 0) is 24.4 Å². The molecule has 9 heteroatoms. The van der Waals surface area contributed by atoms with Gasteiger partial charge in [0.2, 0.25) is 5.91 Å². The van der Waals surface area contributed by atoms with E-state index in [1.54, 1.807) is 35.2 Å². The standard InChI is InChI=1S/C24H29F2N3O4/c1-4-13-28-18-8-6-7-9-19(18)29(24(28)31)14-12-22(30)27(3)16-17-10-11-20(33-23(25)26)21(15-17)32-5-2/h6-11,15,23H,4-5,12-14,16H2,1-3H3. The Labute approximate surface area is 191 Å². The van der Waals surface area contributed by atoms with Gasteiger partial charge in [-0.25, -0.2) is 4.79 Å². The van der Waals surface area contributed by atoms with Crippen LogP contribution in [0.25, 0.3) is 11.0 Å². The number of hydrogen-bond acceptors (Lipinski definition) is 4. The van der Waals surface area contributed by atoms with Gasteiger partial charge in [0, 0.05) is 33.1 Å². The van der Waals surface area contributed by atoms with Gasteiger partial charge in [0.25, 0.3) is 0 Å². The zero-order valence-electron chi connectivity index (χ0n) is 19.1. The first-order valence-corrected chi connectivity index (χ1v) is 11.0. The maximum Gasteiger partial charge on any atom is 0.387 e. The molecule has 1 heterocycles. The number of amides is 1. The molecule has 3 rings (SSSR count). The van der Waals surface area contributed by atoms with Gasteiger partial charge in [0.15, 0.2) is 11.5 Å². The molecular formula is C24H29F2N3O4. The van der Waals surface area contributed by atoms with Crippen molar-refractivity contribution in [1.82, 2.24) is 14.0 Å². The number of halogens is 2. The molecule has 0 saturated heterocycles. The Hall–Kier alpha value is -3.36. The SMILES string of the molecule is CCCn1c(=O)n(CCC(=O)N(C)Cc2ccc(OC(F)F)c(OCC)c2)c2ccccc21. The van der Waals surface area contributed by atoms with Crippen LogP contribution in [-0.4, -0.2) is 40.2 Å². The molecule has 33 heavy (non-hydrogen) atoms. The molecule has 1 aromatic heterocycles. The summed E-state index contributed by atoms with van der Waals surface area (Å²) in [7, 11) is 1.66. The second-order valence-corrected chi connectivity index (χ2v) is 7.67. The summed E-state index contributed by atoms with van der Waals surface area (Å²) in [5.74, 6) is 0.0129. The molecule has 0 aliphatic rings. The van der Waals surface area contributed by atoms with Gasteiger partial charge < -0.3 is 14.4 Å². The summed E-state index contributed by atoms with van der Waals surface area (Å²) in [5.41, 5.74) is 2.26. The molecule has 178 valence electrons. The lowest BCUT2D eigenvalue weighted by atomic mass is 10.2. The van der Waals surface area contributed by atoms with Crippen LogP contribution in [0, 0.1) is 0 Å². The predicted octanol–water partition coefficient (Wildman–Crippen LogP) is 4.26. The summed E-state index contributed by atoms with van der Waals surface area (Å²) in [6, 6.07) is 12.2. The summed E-state index contributed by atoms with van der Waals surface area (Å²) >= 11 is 0. The Morgan fingerprint density at radius 1 is 1.03 bits per heavy atom. The molecule has 0 radical (unpaired) electrons. The number of imidazole rings is 1. The van der Waals surface area contributed by atoms with E-state index in [1.807, 2.05) is 31.2 Å². The van der Waals surface area contributed by atoms with Crippen LogP contribution in [0.2, 0.25) is 0 Å². The Kier molecular flexibility index (Phi) is 8.08. The van der Waals surface area contributed by atoms with Crippen molar-refractivity contribution in [3.05, 3.63) is 58.5 Å². The number of nitrogens with zero attached hydrogens (tertiary/aromatic N) is 3. The highest BCUT2D eigenvalue weighted by Crippen LogP contribution is 2.30. The van der Waals surface area contributed by atoms with Crippen molar-refractivity contribution in [3.63, 3.8) is 0 Å². The van der Waals surface area contributed by atoms with E-state index in [4.69, 9.17) is 4.74 Å². The van der Waals surface area contributed by atoms with Crippen LogP contribution in [0.4, 0.5) is 8.78 Å². The molecule has 0 bridgehead atoms. The van der Waals surface area contributed by atoms with E-state index < -0.39 is 6.61 Å². The maximum absolute atomic E-state index is 12.9. The van der Waals surface area contributed by atoms with E-state index in [-0.39, 0.29) is 49.2 Å². The normalized spacial score (nSPS) is 11.2. The van der Waals surface area contributed by atoms with Gasteiger partial charge in [-0.3, -0.25) is 13.9 Å². The number of alkyl halides is 2. The van der Waals surface area contributed by atoms with Crippen LogP contribution in [0.3, 0.4) is 0 Å². The van der Waals surface area contributed by atoms with Crippen molar-refractivity contribution in [2.45, 2.75) is 52.9 Å². The number of rotatable bonds is 11. The van der Waals surface area contributed by atoms with Crippen molar-refractivity contribution >= 4 is 16.9 Å². The highest BCUT2D eigenvalue weighted by Gasteiger charge is 2.17. The highest BCUT2D eigenvalue weighted by molar-refractivity contribution is 5.78. The Morgan fingerprint density at radius 2 is 1.70 bits per heavy atom. The number of fused-ring (bicyclic) bond motifs is 1. The van der Waals surface area contributed by atoms with E-state index in [2.05, 4.69) is 4.74 Å². The van der Waals surface area contributed by atoms with Crippen LogP contribution in [0.1, 0.15) is 32.3 Å². The molecule has 0 atom stereocenters. The molecule has 0 aliphatic heterocycles. The van der Waals surface area contributed by atoms with E-state index in [0.717, 1.165) is 17.5 Å². The van der Waals surface area contributed by atoms with Crippen molar-refractivity contribution in [2.24, 2.45) is 0 Å². The minimum absolute atomic E-state index is 0.0487. The van der Waals surface area contributed by atoms with Gasteiger partial charge in [-0.05, 0) is 43.2 Å². The highest BCUT2D eigenvalue weighted by atomic mass is 19.3. The van der Waals surface area contributed by atoms with Gasteiger partial charge in [-0.2, -0.15) is 8.78 Å². The van der Waals surface area contributed by atoms with Gasteiger partial charge in [-0.1, -0.05) is 25.1 Å². The number of carbonyl (C=O) groups excluding carboxylic acids is 1. The van der Waals surface area contributed by atoms with Gasteiger partial charge in [0.05, 0.1) is 17.6 Å². The second-order valence-electron chi connectivity index (χ2n) is 7.67. The van der Waals surface area contributed by atoms with E-state index >= 15 is 0 Å². The van der Waals surface area contributed by atoms with Gasteiger partial charge in [-0.15, -0.1) is 0 Å². The van der Waals surface area contributed by atoms with Crippen molar-refractivity contribution in [2.75, 3.05) is 13.7 Å². The van der Waals surface area contributed by atoms with E-state index in [0.29, 0.717) is 12.1 Å². The third-order valence-electron chi connectivity index (χ3n) is 5.29. The molecule has 0 aliphatic carbocycles. The minimum atomic E-state index is -2.95. The Bertz CT molecular complexity index is 1160. The Morgan fingerprint density at radius 3 is 2.30 bits per heavy atom. The predicted molar refractivity (Wildman–Crippen MR) is 122 cm³/mol. The van der Waals surface area contributed by atoms with Crippen LogP contribution < -0.4 is 15.2 Å². The van der Waals surface area contributed by atoms with Gasteiger partial charge >= 0.3 is 12.3 Å². The van der Waals surface area contributed by atoms with Gasteiger partial charge in [0.1, 0.15) is 0 Å². The Balaban J connectivity index is 1.70. The van der Waals surface area contributed by atoms with Crippen LogP contribution in [0.5, 0.6) is 11.5 Å². The number of para-hydroxylation sites is 2. The monoisotopic (exact) mass is 461 g/mol. The van der Waals surface area contributed by atoms with E-state index in [1.165, 1.54) is 11.0 Å². The number of aromatic nitrogens is 2. The summed E-state index contributed by atoms with van der Waals surface area (Å²) in [6.45, 7) is 2.25. The fourth-order valence-electron chi connectivity index (χ4n) is 3.80. The summed E-state index contributed by atoms with van der Waals surface area (Å²) in [4.78, 5) is 27.2. The lowest BCUT2D eigenvalue weighted by Gasteiger charge is -2.19. The molecule has 7 nitrogen and oxygen atoms in total. The van der Waals surface area contributed by atoms with Crippen LogP contribution >= 0.6 is 0 Å². The summed E-state index contributed by atoms with van der Waals surface area (Å²) < 4.78 is 38.5. The maximum atomic E-state index is 12.9. The number of aryl methyl sites for hydroxylation is 2. The second kappa shape index (κ2) is 11.0. The number of hydrogen-bond donors (Lipinski definition) is 0. The number of ether oxygens (including phenoxy) is 2. The molecule has 0 unspecified atom stereocenters. The average molecular weight is 462 g/mol. The molecule has 2 aromatic carbocycles. The minimum Gasteiger partial charge on any atom is -0.490 e. The number of carbonyl (C=O) groups is 1. The average Bonchev–Trinajstić information content (AvgIpc) is 3.05. The molecule has 3 aromatic rings. The first-order valence-electron chi connectivity index (χ1n) is 11.0. The fraction of sp³-hybridized carbons (Fsp3) is 0.417. The first kappa shape index (κ1) is 24.3. The summed E-state index contributed by atoms with van der Waals surface area (Å²) in [5, 5.41) is 0. The first-order chi connectivity index (χ1) is 15.8. The van der Waals surface area contributed by atoms with Crippen molar-refractivity contribution < 1.29 is 23.0 Å². The summed E-state index contributed by atoms with van der Waals surface area (Å²) in [6.07, 6.45) is 0.988. The van der Waals surface area contributed by atoms with Crippen molar-refractivity contribution in [3.8, 4) is 11.5 Å². The zero-order valence-corrected chi connectivity index (χ0v) is 19.1. The topological polar surface area (TPSA) is 65.7 Å². The fourth-order valence-corrected chi connectivity index (χ4v) is 3.80. The third-order valence-corrected chi connectivity index (χ3v) is 5.29. The lowest BCUT2D eigenvalue weighted by molar-refractivity contribution is -0.130. The third kappa shape index (κ3) is 5.71. The van der Waals surface area contributed by atoms with Crippen LogP contribution in [0.15, 0.2) is 47.3 Å². The lowest BCUT2D eigenvalue weighted by Crippen LogP contribution is -2.30. The molecular weight excluding hydrogens is 432 g/mol. The zero-order chi connectivity index (χ0) is 24.0. The molecule has 0 fully saturated rings. The molecule has 1 amide bonds. The quantitative estimate of drug-likeness (QED) is 0.428.